The topological polar surface area (TPSA) is 73.9 Å². The van der Waals surface area contributed by atoms with Gasteiger partial charge in [0.05, 0.1) is 0 Å². The van der Waals surface area contributed by atoms with Crippen LogP contribution in [0.2, 0.25) is 0 Å². The SMILES string of the molecule is CCCCCCCCC(CC)OC(=O)CCCCCCCC(CCCCCCCC(=O)OC(CCCCCCCC)CCCCCCCC)NCC1CCOCC1. The molecular formula is C51H99NO5. The van der Waals surface area contributed by atoms with Crippen LogP contribution in [0.1, 0.15) is 272 Å². The Labute approximate surface area is 355 Å². The summed E-state index contributed by atoms with van der Waals surface area (Å²) in [4.78, 5) is 25.3. The van der Waals surface area contributed by atoms with Crippen LogP contribution in [0.15, 0.2) is 0 Å². The van der Waals surface area contributed by atoms with Crippen molar-refractivity contribution in [2.24, 2.45) is 5.92 Å². The van der Waals surface area contributed by atoms with Gasteiger partial charge in [0.1, 0.15) is 12.2 Å². The van der Waals surface area contributed by atoms with E-state index in [9.17, 15) is 9.59 Å². The van der Waals surface area contributed by atoms with Crippen LogP contribution >= 0.6 is 0 Å². The lowest BCUT2D eigenvalue weighted by Crippen LogP contribution is -2.35. The highest BCUT2D eigenvalue weighted by Gasteiger charge is 2.17. The first kappa shape index (κ1) is 53.9. The zero-order chi connectivity index (χ0) is 41.3. The van der Waals surface area contributed by atoms with Gasteiger partial charge in [-0.15, -0.1) is 0 Å². The summed E-state index contributed by atoms with van der Waals surface area (Å²) in [7, 11) is 0. The van der Waals surface area contributed by atoms with Gasteiger partial charge in [0, 0.05) is 32.1 Å². The predicted molar refractivity (Wildman–Crippen MR) is 244 cm³/mol. The Kier molecular flexibility index (Phi) is 39.3. The maximum absolute atomic E-state index is 12.8. The predicted octanol–water partition coefficient (Wildman–Crippen LogP) is 15.3. The molecule has 6 nitrogen and oxygen atoms in total. The highest BCUT2D eigenvalue weighted by Crippen LogP contribution is 2.21. The van der Waals surface area contributed by atoms with E-state index in [0.717, 1.165) is 77.0 Å². The second-order valence-electron chi connectivity index (χ2n) is 18.1. The maximum atomic E-state index is 12.8. The first-order valence-corrected chi connectivity index (χ1v) is 25.7. The lowest BCUT2D eigenvalue weighted by molar-refractivity contribution is -0.150. The highest BCUT2D eigenvalue weighted by molar-refractivity contribution is 5.69. The van der Waals surface area contributed by atoms with Crippen LogP contribution in [-0.2, 0) is 23.8 Å². The van der Waals surface area contributed by atoms with E-state index in [1.165, 1.54) is 180 Å². The highest BCUT2D eigenvalue weighted by atomic mass is 16.5. The third-order valence-corrected chi connectivity index (χ3v) is 12.6. The van der Waals surface area contributed by atoms with Gasteiger partial charge in [0.2, 0.25) is 0 Å². The summed E-state index contributed by atoms with van der Waals surface area (Å²) in [5.41, 5.74) is 0. The fourth-order valence-corrected chi connectivity index (χ4v) is 8.57. The number of hydrogen-bond acceptors (Lipinski definition) is 6. The van der Waals surface area contributed by atoms with Crippen molar-refractivity contribution in [1.29, 1.82) is 0 Å². The second-order valence-corrected chi connectivity index (χ2v) is 18.1. The van der Waals surface area contributed by atoms with Gasteiger partial charge in [0.15, 0.2) is 0 Å². The lowest BCUT2D eigenvalue weighted by Gasteiger charge is -2.26. The first-order chi connectivity index (χ1) is 28.0. The number of ether oxygens (including phenoxy) is 3. The number of nitrogens with one attached hydrogen (secondary N) is 1. The van der Waals surface area contributed by atoms with Gasteiger partial charge in [-0.25, -0.2) is 0 Å². The molecule has 0 aromatic heterocycles. The van der Waals surface area contributed by atoms with Gasteiger partial charge in [-0.3, -0.25) is 9.59 Å². The van der Waals surface area contributed by atoms with Crippen molar-refractivity contribution in [1.82, 2.24) is 5.32 Å². The van der Waals surface area contributed by atoms with Gasteiger partial charge in [-0.05, 0) is 95.9 Å². The van der Waals surface area contributed by atoms with Crippen molar-refractivity contribution in [3.8, 4) is 0 Å². The van der Waals surface area contributed by atoms with E-state index < -0.39 is 0 Å². The summed E-state index contributed by atoms with van der Waals surface area (Å²) in [6.07, 6.45) is 45.1. The Hall–Kier alpha value is -1.14. The number of rotatable bonds is 43. The quantitative estimate of drug-likeness (QED) is 0.0489. The summed E-state index contributed by atoms with van der Waals surface area (Å²) in [5.74, 6) is 0.796. The number of unbranched alkanes of at least 4 members (excludes halogenated alkanes) is 23. The van der Waals surface area contributed by atoms with Crippen LogP contribution < -0.4 is 5.32 Å². The molecule has 1 rings (SSSR count). The van der Waals surface area contributed by atoms with Crippen molar-refractivity contribution in [3.63, 3.8) is 0 Å². The molecule has 1 aliphatic heterocycles. The van der Waals surface area contributed by atoms with E-state index in [1.807, 2.05) is 0 Å². The molecule has 1 fully saturated rings. The van der Waals surface area contributed by atoms with Gasteiger partial charge in [-0.1, -0.05) is 175 Å². The third-order valence-electron chi connectivity index (χ3n) is 12.6. The first-order valence-electron chi connectivity index (χ1n) is 25.7. The Balaban J connectivity index is 2.29. The molecule has 0 aromatic rings. The fraction of sp³-hybridized carbons (Fsp3) is 0.961. The van der Waals surface area contributed by atoms with Crippen LogP contribution in [0, 0.1) is 5.92 Å². The normalized spacial score (nSPS) is 14.6. The molecule has 338 valence electrons. The Bertz CT molecular complexity index is 845. The molecule has 0 amide bonds. The second kappa shape index (κ2) is 41.6. The summed E-state index contributed by atoms with van der Waals surface area (Å²) >= 11 is 0. The zero-order valence-electron chi connectivity index (χ0n) is 38.8. The van der Waals surface area contributed by atoms with E-state index in [1.54, 1.807) is 0 Å². The molecule has 1 N–H and O–H groups in total. The Morgan fingerprint density at radius 1 is 0.474 bits per heavy atom. The third kappa shape index (κ3) is 35.3. The monoisotopic (exact) mass is 806 g/mol. The minimum atomic E-state index is 0.0105. The van der Waals surface area contributed by atoms with Gasteiger partial charge < -0.3 is 19.5 Å². The Morgan fingerprint density at radius 2 is 0.825 bits per heavy atom. The molecule has 1 aliphatic rings. The Morgan fingerprint density at radius 3 is 1.25 bits per heavy atom. The molecule has 6 heteroatoms. The molecule has 0 radical (unpaired) electrons. The number of carbonyl (C=O) groups is 2. The molecule has 1 heterocycles. The van der Waals surface area contributed by atoms with Crippen molar-refractivity contribution >= 4 is 11.9 Å². The average Bonchev–Trinajstić information content (AvgIpc) is 3.22. The molecule has 57 heavy (non-hydrogen) atoms. The van der Waals surface area contributed by atoms with E-state index in [2.05, 4.69) is 33.0 Å². The summed E-state index contributed by atoms with van der Waals surface area (Å²) < 4.78 is 17.5. The zero-order valence-corrected chi connectivity index (χ0v) is 38.8. The molecule has 0 aromatic carbocycles. The van der Waals surface area contributed by atoms with E-state index in [0.29, 0.717) is 18.9 Å². The van der Waals surface area contributed by atoms with Gasteiger partial charge >= 0.3 is 11.9 Å². The van der Waals surface area contributed by atoms with Gasteiger partial charge in [0.25, 0.3) is 0 Å². The largest absolute Gasteiger partial charge is 0.462 e. The lowest BCUT2D eigenvalue weighted by atomic mass is 9.97. The minimum Gasteiger partial charge on any atom is -0.462 e. The van der Waals surface area contributed by atoms with E-state index in [4.69, 9.17) is 14.2 Å². The van der Waals surface area contributed by atoms with Crippen LogP contribution in [0.25, 0.3) is 0 Å². The molecular weight excluding hydrogens is 707 g/mol. The molecule has 0 spiro atoms. The summed E-state index contributed by atoms with van der Waals surface area (Å²) in [6.45, 7) is 11.9. The molecule has 0 bridgehead atoms. The smallest absolute Gasteiger partial charge is 0.306 e. The van der Waals surface area contributed by atoms with Crippen LogP contribution in [0.5, 0.6) is 0 Å². The number of hydrogen-bond donors (Lipinski definition) is 1. The summed E-state index contributed by atoms with van der Waals surface area (Å²) in [6, 6.07) is 0.589. The van der Waals surface area contributed by atoms with Crippen LogP contribution in [0.3, 0.4) is 0 Å². The van der Waals surface area contributed by atoms with Crippen molar-refractivity contribution in [2.75, 3.05) is 19.8 Å². The van der Waals surface area contributed by atoms with Gasteiger partial charge in [-0.2, -0.15) is 0 Å². The number of esters is 2. The van der Waals surface area contributed by atoms with Crippen molar-refractivity contribution in [3.05, 3.63) is 0 Å². The molecule has 0 aliphatic carbocycles. The summed E-state index contributed by atoms with van der Waals surface area (Å²) in [5, 5.41) is 3.97. The molecule has 0 saturated carbocycles. The average molecular weight is 806 g/mol. The molecule has 2 atom stereocenters. The maximum Gasteiger partial charge on any atom is 0.306 e. The molecule has 2 unspecified atom stereocenters. The molecule has 1 saturated heterocycles. The van der Waals surface area contributed by atoms with Crippen molar-refractivity contribution in [2.45, 2.75) is 290 Å². The standard InChI is InChI=1S/C51H99NO5/c1-5-9-12-15-22-29-36-48(8-4)56-50(53)39-32-25-18-20-27-34-47(52-45-46-41-43-55-44-42-46)35-28-21-19-26-33-40-51(54)57-49(37-30-23-16-13-10-6-2)38-31-24-17-14-11-7-3/h46-49,52H,5-45H2,1-4H3. The van der Waals surface area contributed by atoms with E-state index >= 15 is 0 Å². The van der Waals surface area contributed by atoms with Crippen LogP contribution in [0.4, 0.5) is 0 Å². The minimum absolute atomic E-state index is 0.0105. The fourth-order valence-electron chi connectivity index (χ4n) is 8.57. The van der Waals surface area contributed by atoms with Crippen molar-refractivity contribution < 1.29 is 23.8 Å². The van der Waals surface area contributed by atoms with Crippen LogP contribution in [-0.4, -0.2) is 49.9 Å². The van der Waals surface area contributed by atoms with E-state index in [-0.39, 0.29) is 24.1 Å². The number of carbonyl (C=O) groups excluding carboxylic acids is 2.